The first-order chi connectivity index (χ1) is 9.27. The highest BCUT2D eigenvalue weighted by atomic mass is 15.0. The summed E-state index contributed by atoms with van der Waals surface area (Å²) in [7, 11) is 0. The molecule has 0 radical (unpaired) electrons. The van der Waals surface area contributed by atoms with E-state index in [1.165, 1.54) is 32.1 Å². The molecular formula is C16H29N3. The Labute approximate surface area is 118 Å². The number of hydrogen-bond acceptors (Lipinski definition) is 3. The van der Waals surface area contributed by atoms with E-state index >= 15 is 0 Å². The Morgan fingerprint density at radius 3 is 2.32 bits per heavy atom. The zero-order valence-electron chi connectivity index (χ0n) is 12.8. The fourth-order valence-electron chi connectivity index (χ4n) is 2.18. The summed E-state index contributed by atoms with van der Waals surface area (Å²) >= 11 is 0. The van der Waals surface area contributed by atoms with Gasteiger partial charge in [0.2, 0.25) is 0 Å². The van der Waals surface area contributed by atoms with E-state index in [2.05, 4.69) is 29.1 Å². The van der Waals surface area contributed by atoms with Gasteiger partial charge in [-0.25, -0.2) is 9.97 Å². The Balaban J connectivity index is 2.44. The van der Waals surface area contributed by atoms with Crippen molar-refractivity contribution < 1.29 is 0 Å². The summed E-state index contributed by atoms with van der Waals surface area (Å²) in [6.45, 7) is 7.52. The maximum atomic E-state index is 4.47. The molecule has 0 aliphatic rings. The molecule has 3 heteroatoms. The van der Waals surface area contributed by atoms with Gasteiger partial charge in [0.25, 0.3) is 0 Å². The molecule has 1 unspecified atom stereocenters. The molecule has 1 rings (SSSR count). The minimum atomic E-state index is 0.321. The molecular weight excluding hydrogens is 234 g/mol. The van der Waals surface area contributed by atoms with E-state index in [0.29, 0.717) is 6.04 Å². The maximum Gasteiger partial charge on any atom is 0.145 e. The number of aromatic nitrogens is 2. The molecule has 1 heterocycles. The molecule has 0 spiro atoms. The zero-order chi connectivity index (χ0) is 13.9. The zero-order valence-corrected chi connectivity index (χ0v) is 12.8. The van der Waals surface area contributed by atoms with E-state index in [-0.39, 0.29) is 0 Å². The van der Waals surface area contributed by atoms with Crippen molar-refractivity contribution in [3.05, 3.63) is 23.8 Å². The van der Waals surface area contributed by atoms with Crippen molar-refractivity contribution in [1.82, 2.24) is 15.3 Å². The molecule has 0 amide bonds. The van der Waals surface area contributed by atoms with Crippen LogP contribution in [0, 0.1) is 6.92 Å². The van der Waals surface area contributed by atoms with Gasteiger partial charge >= 0.3 is 0 Å². The highest BCUT2D eigenvalue weighted by Gasteiger charge is 2.12. The van der Waals surface area contributed by atoms with Crippen molar-refractivity contribution in [2.24, 2.45) is 0 Å². The van der Waals surface area contributed by atoms with Crippen LogP contribution in [0.3, 0.4) is 0 Å². The number of unbranched alkanes of at least 4 members (excludes halogenated alkanes) is 4. The molecule has 0 aliphatic carbocycles. The van der Waals surface area contributed by atoms with Crippen molar-refractivity contribution in [3.8, 4) is 0 Å². The van der Waals surface area contributed by atoms with E-state index in [4.69, 9.17) is 0 Å². The molecule has 1 aromatic heterocycles. The second-order valence-electron chi connectivity index (χ2n) is 5.33. The van der Waals surface area contributed by atoms with Gasteiger partial charge < -0.3 is 5.32 Å². The van der Waals surface area contributed by atoms with Gasteiger partial charge in [0, 0.05) is 12.4 Å². The summed E-state index contributed by atoms with van der Waals surface area (Å²) in [6.07, 6.45) is 12.7. The second kappa shape index (κ2) is 9.90. The van der Waals surface area contributed by atoms with Crippen molar-refractivity contribution >= 4 is 0 Å². The van der Waals surface area contributed by atoms with Crippen LogP contribution in [0.2, 0.25) is 0 Å². The molecule has 0 aliphatic heterocycles. The summed E-state index contributed by atoms with van der Waals surface area (Å²) in [5, 5.41) is 3.57. The Bertz CT molecular complexity index is 321. The molecule has 0 bridgehead atoms. The first-order valence-electron chi connectivity index (χ1n) is 7.79. The van der Waals surface area contributed by atoms with Crippen LogP contribution in [-0.4, -0.2) is 16.5 Å². The van der Waals surface area contributed by atoms with Crippen LogP contribution in [0.15, 0.2) is 12.4 Å². The highest BCUT2D eigenvalue weighted by Crippen LogP contribution is 2.17. The van der Waals surface area contributed by atoms with Crippen LogP contribution in [-0.2, 0) is 0 Å². The number of hydrogen-bond donors (Lipinski definition) is 1. The van der Waals surface area contributed by atoms with Gasteiger partial charge in [-0.05, 0) is 31.9 Å². The lowest BCUT2D eigenvalue weighted by molar-refractivity contribution is 0.450. The molecule has 19 heavy (non-hydrogen) atoms. The van der Waals surface area contributed by atoms with Crippen LogP contribution in [0.1, 0.15) is 76.2 Å². The average Bonchev–Trinajstić information content (AvgIpc) is 2.43. The second-order valence-corrected chi connectivity index (χ2v) is 5.33. The molecule has 1 aromatic rings. The smallest absolute Gasteiger partial charge is 0.145 e. The molecule has 0 aromatic carbocycles. The lowest BCUT2D eigenvalue weighted by atomic mass is 10.1. The highest BCUT2D eigenvalue weighted by molar-refractivity contribution is 5.04. The molecule has 0 fully saturated rings. The standard InChI is InChI=1S/C16H29N3/c1-4-6-7-8-9-10-15(17-11-5-2)16-18-12-14(3)13-19-16/h12-13,15,17H,4-11H2,1-3H3. The average molecular weight is 263 g/mol. The number of nitrogens with zero attached hydrogens (tertiary/aromatic N) is 2. The SMILES string of the molecule is CCCCCCCC(NCCC)c1ncc(C)cn1. The maximum absolute atomic E-state index is 4.47. The quantitative estimate of drug-likeness (QED) is 0.643. The fraction of sp³-hybridized carbons (Fsp3) is 0.750. The van der Waals surface area contributed by atoms with Gasteiger partial charge in [-0.3, -0.25) is 0 Å². The molecule has 108 valence electrons. The summed E-state index contributed by atoms with van der Waals surface area (Å²) < 4.78 is 0. The summed E-state index contributed by atoms with van der Waals surface area (Å²) in [5.74, 6) is 0.953. The van der Waals surface area contributed by atoms with E-state index in [0.717, 1.165) is 30.8 Å². The summed E-state index contributed by atoms with van der Waals surface area (Å²) in [6, 6.07) is 0.321. The van der Waals surface area contributed by atoms with Gasteiger partial charge in [-0.1, -0.05) is 46.0 Å². The van der Waals surface area contributed by atoms with Crippen molar-refractivity contribution in [2.45, 2.75) is 71.8 Å². The third-order valence-corrected chi connectivity index (χ3v) is 3.35. The minimum absolute atomic E-state index is 0.321. The van der Waals surface area contributed by atoms with E-state index in [1.807, 2.05) is 19.3 Å². The van der Waals surface area contributed by atoms with Gasteiger partial charge in [-0.2, -0.15) is 0 Å². The van der Waals surface area contributed by atoms with Crippen molar-refractivity contribution in [2.75, 3.05) is 6.54 Å². The Hall–Kier alpha value is -0.960. The third-order valence-electron chi connectivity index (χ3n) is 3.35. The minimum Gasteiger partial charge on any atom is -0.307 e. The molecule has 0 saturated heterocycles. The Morgan fingerprint density at radius 2 is 1.68 bits per heavy atom. The van der Waals surface area contributed by atoms with Gasteiger partial charge in [0.05, 0.1) is 6.04 Å². The summed E-state index contributed by atoms with van der Waals surface area (Å²) in [4.78, 5) is 8.95. The van der Waals surface area contributed by atoms with E-state index in [9.17, 15) is 0 Å². The van der Waals surface area contributed by atoms with Crippen molar-refractivity contribution in [3.63, 3.8) is 0 Å². The van der Waals surface area contributed by atoms with E-state index in [1.54, 1.807) is 0 Å². The predicted molar refractivity (Wildman–Crippen MR) is 81.2 cm³/mol. The molecule has 1 N–H and O–H groups in total. The third kappa shape index (κ3) is 6.67. The molecule has 1 atom stereocenters. The van der Waals surface area contributed by atoms with Crippen LogP contribution in [0.25, 0.3) is 0 Å². The topological polar surface area (TPSA) is 37.8 Å². The lowest BCUT2D eigenvalue weighted by Crippen LogP contribution is -2.24. The molecule has 3 nitrogen and oxygen atoms in total. The number of nitrogens with one attached hydrogen (secondary N) is 1. The lowest BCUT2D eigenvalue weighted by Gasteiger charge is -2.17. The normalized spacial score (nSPS) is 12.6. The van der Waals surface area contributed by atoms with Gasteiger partial charge in [-0.15, -0.1) is 0 Å². The number of aryl methyl sites for hydroxylation is 1. The fourth-order valence-corrected chi connectivity index (χ4v) is 2.18. The Morgan fingerprint density at radius 1 is 1.00 bits per heavy atom. The number of rotatable bonds is 10. The summed E-state index contributed by atoms with van der Waals surface area (Å²) in [5.41, 5.74) is 1.13. The molecule has 0 saturated carbocycles. The first kappa shape index (κ1) is 16.1. The van der Waals surface area contributed by atoms with Crippen LogP contribution >= 0.6 is 0 Å². The van der Waals surface area contributed by atoms with Gasteiger partial charge in [0.1, 0.15) is 5.82 Å². The largest absolute Gasteiger partial charge is 0.307 e. The Kier molecular flexibility index (Phi) is 8.39. The first-order valence-corrected chi connectivity index (χ1v) is 7.79. The van der Waals surface area contributed by atoms with E-state index < -0.39 is 0 Å². The van der Waals surface area contributed by atoms with Crippen LogP contribution in [0.4, 0.5) is 0 Å². The predicted octanol–water partition coefficient (Wildman–Crippen LogP) is 4.19. The van der Waals surface area contributed by atoms with Crippen LogP contribution in [0.5, 0.6) is 0 Å². The monoisotopic (exact) mass is 263 g/mol. The van der Waals surface area contributed by atoms with Crippen molar-refractivity contribution in [1.29, 1.82) is 0 Å². The van der Waals surface area contributed by atoms with Crippen LogP contribution < -0.4 is 5.32 Å². The van der Waals surface area contributed by atoms with Gasteiger partial charge in [0.15, 0.2) is 0 Å².